The number of pyridine rings is 1. The fraction of sp³-hybridized carbons (Fsp3) is 0.143. The SMILES string of the molecule is O=C(CN(c1ccc(Cl)c(C(F)(F)F)c1)S(=O)(=O)c1ccccc1)NCc1ccccn1. The first-order valence-electron chi connectivity index (χ1n) is 9.20. The van der Waals surface area contributed by atoms with Crippen molar-refractivity contribution in [3.63, 3.8) is 0 Å². The van der Waals surface area contributed by atoms with Crippen LogP contribution in [0.2, 0.25) is 5.02 Å². The van der Waals surface area contributed by atoms with Crippen molar-refractivity contribution in [2.24, 2.45) is 0 Å². The van der Waals surface area contributed by atoms with Crippen LogP contribution in [0.15, 0.2) is 77.8 Å². The van der Waals surface area contributed by atoms with E-state index in [1.165, 1.54) is 30.5 Å². The van der Waals surface area contributed by atoms with Crippen molar-refractivity contribution >= 4 is 33.2 Å². The van der Waals surface area contributed by atoms with E-state index < -0.39 is 39.2 Å². The Morgan fingerprint density at radius 1 is 1.03 bits per heavy atom. The first-order chi connectivity index (χ1) is 15.1. The number of hydrogen-bond acceptors (Lipinski definition) is 4. The minimum absolute atomic E-state index is 0.0211. The number of carbonyl (C=O) groups is 1. The van der Waals surface area contributed by atoms with Gasteiger partial charge in [-0.1, -0.05) is 35.9 Å². The minimum Gasteiger partial charge on any atom is -0.349 e. The summed E-state index contributed by atoms with van der Waals surface area (Å²) in [6.07, 6.45) is -3.28. The molecule has 0 saturated carbocycles. The third-order valence-electron chi connectivity index (χ3n) is 4.35. The number of hydrogen-bond donors (Lipinski definition) is 1. The van der Waals surface area contributed by atoms with Gasteiger partial charge in [0.15, 0.2) is 0 Å². The Morgan fingerprint density at radius 2 is 1.72 bits per heavy atom. The van der Waals surface area contributed by atoms with Crippen LogP contribution < -0.4 is 9.62 Å². The highest BCUT2D eigenvalue weighted by Crippen LogP contribution is 2.37. The largest absolute Gasteiger partial charge is 0.417 e. The van der Waals surface area contributed by atoms with Gasteiger partial charge in [0.1, 0.15) is 6.54 Å². The molecule has 32 heavy (non-hydrogen) atoms. The van der Waals surface area contributed by atoms with Crippen molar-refractivity contribution in [2.45, 2.75) is 17.6 Å². The molecule has 0 unspecified atom stereocenters. The lowest BCUT2D eigenvalue weighted by Crippen LogP contribution is -2.40. The molecule has 0 saturated heterocycles. The summed E-state index contributed by atoms with van der Waals surface area (Å²) in [5, 5.41) is 1.94. The first-order valence-corrected chi connectivity index (χ1v) is 11.0. The van der Waals surface area contributed by atoms with Crippen LogP contribution in [-0.4, -0.2) is 25.9 Å². The predicted octanol–water partition coefficient (Wildman–Crippen LogP) is 4.27. The van der Waals surface area contributed by atoms with Gasteiger partial charge < -0.3 is 5.32 Å². The zero-order valence-corrected chi connectivity index (χ0v) is 18.0. The summed E-state index contributed by atoms with van der Waals surface area (Å²) in [5.74, 6) is -0.723. The molecule has 1 aromatic heterocycles. The molecule has 2 aromatic carbocycles. The Bertz CT molecular complexity index is 1190. The van der Waals surface area contributed by atoms with Gasteiger partial charge in [0.2, 0.25) is 5.91 Å². The van der Waals surface area contributed by atoms with Gasteiger partial charge in [-0.3, -0.25) is 14.1 Å². The molecule has 1 N–H and O–H groups in total. The van der Waals surface area contributed by atoms with E-state index in [0.717, 1.165) is 12.1 Å². The Kier molecular flexibility index (Phi) is 7.05. The maximum absolute atomic E-state index is 13.3. The lowest BCUT2D eigenvalue weighted by molar-refractivity contribution is -0.137. The molecule has 1 heterocycles. The van der Waals surface area contributed by atoms with Crippen LogP contribution in [-0.2, 0) is 27.5 Å². The highest BCUT2D eigenvalue weighted by Gasteiger charge is 2.35. The van der Waals surface area contributed by atoms with Crippen molar-refractivity contribution in [3.05, 3.63) is 89.2 Å². The van der Waals surface area contributed by atoms with E-state index in [2.05, 4.69) is 10.3 Å². The van der Waals surface area contributed by atoms with E-state index in [4.69, 9.17) is 11.6 Å². The van der Waals surface area contributed by atoms with E-state index in [9.17, 15) is 26.4 Å². The summed E-state index contributed by atoms with van der Waals surface area (Å²) in [6.45, 7) is -0.726. The maximum atomic E-state index is 13.3. The smallest absolute Gasteiger partial charge is 0.349 e. The van der Waals surface area contributed by atoms with E-state index >= 15 is 0 Å². The number of benzene rings is 2. The number of amides is 1. The number of rotatable bonds is 7. The first kappa shape index (κ1) is 23.6. The molecule has 0 fully saturated rings. The number of carbonyl (C=O) groups excluding carboxylic acids is 1. The molecule has 0 atom stereocenters. The minimum atomic E-state index is -4.81. The van der Waals surface area contributed by atoms with Gasteiger partial charge in [-0.25, -0.2) is 8.42 Å². The number of alkyl halides is 3. The highest BCUT2D eigenvalue weighted by atomic mass is 35.5. The molecule has 3 aromatic rings. The zero-order valence-electron chi connectivity index (χ0n) is 16.4. The maximum Gasteiger partial charge on any atom is 0.417 e. The van der Waals surface area contributed by atoms with Crippen LogP contribution in [0.25, 0.3) is 0 Å². The molecule has 0 aliphatic heterocycles. The third-order valence-corrected chi connectivity index (χ3v) is 6.47. The number of nitrogens with zero attached hydrogens (tertiary/aromatic N) is 2. The quantitative estimate of drug-likeness (QED) is 0.544. The second-order valence-electron chi connectivity index (χ2n) is 6.58. The van der Waals surface area contributed by atoms with Crippen LogP contribution >= 0.6 is 11.6 Å². The van der Waals surface area contributed by atoms with Crippen molar-refractivity contribution in [3.8, 4) is 0 Å². The molecular formula is C21H17ClF3N3O3S. The fourth-order valence-corrected chi connectivity index (χ4v) is 4.46. The molecule has 0 aliphatic carbocycles. The monoisotopic (exact) mass is 483 g/mol. The van der Waals surface area contributed by atoms with Crippen molar-refractivity contribution in [2.75, 3.05) is 10.8 Å². The Hall–Kier alpha value is -3.11. The van der Waals surface area contributed by atoms with Gasteiger partial charge in [0.05, 0.1) is 33.4 Å². The molecule has 0 spiro atoms. The molecule has 11 heteroatoms. The Labute approximate surface area is 187 Å². The van der Waals surface area contributed by atoms with Crippen molar-refractivity contribution in [1.29, 1.82) is 0 Å². The summed E-state index contributed by atoms with van der Waals surface area (Å²) in [4.78, 5) is 16.4. The van der Waals surface area contributed by atoms with Crippen LogP contribution in [0.5, 0.6) is 0 Å². The fourth-order valence-electron chi connectivity index (χ4n) is 2.80. The molecular weight excluding hydrogens is 467 g/mol. The zero-order chi connectivity index (χ0) is 23.4. The van der Waals surface area contributed by atoms with E-state index in [1.807, 2.05) is 0 Å². The van der Waals surface area contributed by atoms with Gasteiger partial charge in [-0.05, 0) is 42.5 Å². The van der Waals surface area contributed by atoms with Gasteiger partial charge in [0.25, 0.3) is 10.0 Å². The average molecular weight is 484 g/mol. The second-order valence-corrected chi connectivity index (χ2v) is 8.85. The topological polar surface area (TPSA) is 79.4 Å². The summed E-state index contributed by atoms with van der Waals surface area (Å²) >= 11 is 5.67. The summed E-state index contributed by atoms with van der Waals surface area (Å²) in [7, 11) is -4.36. The second kappa shape index (κ2) is 9.58. The molecule has 1 amide bonds. The van der Waals surface area contributed by atoms with E-state index in [1.54, 1.807) is 24.3 Å². The number of aromatic nitrogens is 1. The third kappa shape index (κ3) is 5.57. The lowest BCUT2D eigenvalue weighted by Gasteiger charge is -2.25. The molecule has 0 aliphatic rings. The number of nitrogens with one attached hydrogen (secondary N) is 1. The van der Waals surface area contributed by atoms with Gasteiger partial charge in [-0.2, -0.15) is 13.2 Å². The average Bonchev–Trinajstić information content (AvgIpc) is 2.77. The Balaban J connectivity index is 1.96. The van der Waals surface area contributed by atoms with Gasteiger partial charge in [0, 0.05) is 6.20 Å². The summed E-state index contributed by atoms with van der Waals surface area (Å²) in [5.41, 5.74) is -1.03. The molecule has 0 bridgehead atoms. The van der Waals surface area contributed by atoms with Gasteiger partial charge >= 0.3 is 6.18 Å². The van der Waals surface area contributed by atoms with Crippen molar-refractivity contribution in [1.82, 2.24) is 10.3 Å². The summed E-state index contributed by atoms with van der Waals surface area (Å²) in [6, 6.07) is 14.8. The van der Waals surface area contributed by atoms with Crippen LogP contribution in [0.1, 0.15) is 11.3 Å². The standard InChI is InChI=1S/C21H17ClF3N3O3S/c22-19-10-9-16(12-18(19)21(23,24)25)28(32(30,31)17-7-2-1-3-8-17)14-20(29)27-13-15-6-4-5-11-26-15/h1-12H,13-14H2,(H,27,29). The highest BCUT2D eigenvalue weighted by molar-refractivity contribution is 7.92. The molecule has 168 valence electrons. The number of anilines is 1. The van der Waals surface area contributed by atoms with Crippen LogP contribution in [0.4, 0.5) is 18.9 Å². The van der Waals surface area contributed by atoms with E-state index in [0.29, 0.717) is 16.1 Å². The molecule has 6 nitrogen and oxygen atoms in total. The normalized spacial score (nSPS) is 11.8. The van der Waals surface area contributed by atoms with Crippen LogP contribution in [0, 0.1) is 0 Å². The van der Waals surface area contributed by atoms with E-state index in [-0.39, 0.29) is 17.1 Å². The van der Waals surface area contributed by atoms with Crippen molar-refractivity contribution < 1.29 is 26.4 Å². The number of halogens is 4. The predicted molar refractivity (Wildman–Crippen MR) is 114 cm³/mol. The lowest BCUT2D eigenvalue weighted by atomic mass is 10.2. The van der Waals surface area contributed by atoms with Crippen LogP contribution in [0.3, 0.4) is 0 Å². The Morgan fingerprint density at radius 3 is 2.34 bits per heavy atom. The summed E-state index contributed by atoms with van der Waals surface area (Å²) < 4.78 is 67.1. The molecule has 3 rings (SSSR count). The number of sulfonamides is 1. The van der Waals surface area contributed by atoms with Gasteiger partial charge in [-0.15, -0.1) is 0 Å². The molecule has 0 radical (unpaired) electrons.